The second-order valence-electron chi connectivity index (χ2n) is 13.2. The normalized spacial score (nSPS) is 16.3. The summed E-state index contributed by atoms with van der Waals surface area (Å²) in [5.41, 5.74) is 2.91. The second-order valence-corrected chi connectivity index (χ2v) is 13.2. The van der Waals surface area contributed by atoms with Crippen molar-refractivity contribution in [3.63, 3.8) is 0 Å². The molecule has 1 aliphatic heterocycles. The molecule has 3 heterocycles. The van der Waals surface area contributed by atoms with Crippen LogP contribution in [0.25, 0.3) is 21.9 Å². The number of imidazole rings is 1. The molecule has 0 spiro atoms. The van der Waals surface area contributed by atoms with E-state index in [1.807, 2.05) is 76.2 Å². The summed E-state index contributed by atoms with van der Waals surface area (Å²) in [5.74, 6) is 1.59. The number of piperidine rings is 1. The molecule has 1 amide bonds. The van der Waals surface area contributed by atoms with E-state index < -0.39 is 17.9 Å². The van der Waals surface area contributed by atoms with Crippen LogP contribution in [0.4, 0.5) is 10.7 Å². The number of aromatic nitrogens is 3. The Balaban J connectivity index is 1.41. The van der Waals surface area contributed by atoms with Crippen molar-refractivity contribution in [2.75, 3.05) is 38.7 Å². The maximum atomic E-state index is 12.3. The third-order valence-electron chi connectivity index (χ3n) is 8.72. The van der Waals surface area contributed by atoms with E-state index in [0.29, 0.717) is 24.6 Å². The molecule has 2 aromatic carbocycles. The van der Waals surface area contributed by atoms with E-state index in [-0.39, 0.29) is 18.0 Å². The number of hydrogen-bond acceptors (Lipinski definition) is 7. The average molecular weight is 617 g/mol. The zero-order chi connectivity index (χ0) is 32.3. The van der Waals surface area contributed by atoms with E-state index in [1.165, 1.54) is 0 Å². The number of ether oxygens (including phenoxy) is 2. The molecule has 0 radical (unpaired) electrons. The first-order valence-electron chi connectivity index (χ1n) is 16.0. The van der Waals surface area contributed by atoms with Gasteiger partial charge in [0.25, 0.3) is 0 Å². The van der Waals surface area contributed by atoms with Gasteiger partial charge in [-0.3, -0.25) is 9.47 Å². The van der Waals surface area contributed by atoms with Crippen LogP contribution in [0.5, 0.6) is 5.75 Å². The number of pyridine rings is 1. The van der Waals surface area contributed by atoms with Gasteiger partial charge in [0.2, 0.25) is 5.95 Å². The minimum Gasteiger partial charge on any atom is -0.495 e. The molecule has 0 bridgehead atoms. The standard InChI is InChI=1S/C35H48N6O4/c1-8-45-32(31-30(44-7)21-24-13-9-10-14-26(24)37-31)40-28-16-12-11-15-27(28)38-33(40)36-25-17-19-39(20-18-25)22-29(23(2)3)41(34(42)43)35(4,5)6/h9-16,21,23,25,29,32H,8,17-20,22H2,1-7H3,(H,36,38)(H,42,43). The summed E-state index contributed by atoms with van der Waals surface area (Å²) >= 11 is 0. The van der Waals surface area contributed by atoms with Crippen molar-refractivity contribution in [2.24, 2.45) is 5.92 Å². The van der Waals surface area contributed by atoms with Crippen LogP contribution in [0, 0.1) is 5.92 Å². The van der Waals surface area contributed by atoms with Crippen molar-refractivity contribution in [1.82, 2.24) is 24.3 Å². The van der Waals surface area contributed by atoms with Crippen LogP contribution in [-0.4, -0.2) is 86.5 Å². The number of amides is 1. The van der Waals surface area contributed by atoms with Crippen molar-refractivity contribution in [1.29, 1.82) is 0 Å². The fourth-order valence-electron chi connectivity index (χ4n) is 6.49. The highest BCUT2D eigenvalue weighted by Crippen LogP contribution is 2.36. The summed E-state index contributed by atoms with van der Waals surface area (Å²) < 4.78 is 14.4. The van der Waals surface area contributed by atoms with Crippen LogP contribution in [0.1, 0.15) is 66.3 Å². The maximum absolute atomic E-state index is 12.3. The molecule has 0 aliphatic carbocycles. The number of anilines is 1. The van der Waals surface area contributed by atoms with E-state index in [2.05, 4.69) is 34.7 Å². The number of benzene rings is 2. The van der Waals surface area contributed by atoms with Crippen molar-refractivity contribution in [3.8, 4) is 5.75 Å². The topological polar surface area (TPSA) is 105 Å². The lowest BCUT2D eigenvalue weighted by molar-refractivity contribution is 0.0332. The molecule has 2 N–H and O–H groups in total. The molecule has 4 aromatic rings. The first-order chi connectivity index (χ1) is 21.5. The molecule has 10 heteroatoms. The fourth-order valence-corrected chi connectivity index (χ4v) is 6.49. The van der Waals surface area contributed by atoms with E-state index in [0.717, 1.165) is 53.8 Å². The number of nitrogens with one attached hydrogen (secondary N) is 1. The predicted molar refractivity (Wildman–Crippen MR) is 179 cm³/mol. The minimum atomic E-state index is -0.863. The van der Waals surface area contributed by atoms with Gasteiger partial charge in [0, 0.05) is 43.2 Å². The number of methoxy groups -OCH3 is 1. The molecule has 1 aliphatic rings. The zero-order valence-electron chi connectivity index (χ0n) is 27.7. The molecule has 5 rings (SSSR count). The smallest absolute Gasteiger partial charge is 0.408 e. The Morgan fingerprint density at radius 2 is 1.73 bits per heavy atom. The third kappa shape index (κ3) is 7.02. The lowest BCUT2D eigenvalue weighted by Gasteiger charge is -2.44. The number of para-hydroxylation sites is 3. The van der Waals surface area contributed by atoms with Crippen molar-refractivity contribution < 1.29 is 19.4 Å². The summed E-state index contributed by atoms with van der Waals surface area (Å²) in [5, 5.41) is 14.8. The molecule has 0 saturated carbocycles. The van der Waals surface area contributed by atoms with Gasteiger partial charge in [0.1, 0.15) is 11.4 Å². The largest absolute Gasteiger partial charge is 0.495 e. The van der Waals surface area contributed by atoms with E-state index in [4.69, 9.17) is 19.4 Å². The third-order valence-corrected chi connectivity index (χ3v) is 8.72. The van der Waals surface area contributed by atoms with E-state index in [1.54, 1.807) is 12.0 Å². The molecular formula is C35H48N6O4. The van der Waals surface area contributed by atoms with Gasteiger partial charge in [0.05, 0.1) is 29.7 Å². The molecule has 2 unspecified atom stereocenters. The Hall–Kier alpha value is -3.89. The summed E-state index contributed by atoms with van der Waals surface area (Å²) in [6.45, 7) is 15.0. The zero-order valence-corrected chi connectivity index (χ0v) is 27.7. The van der Waals surface area contributed by atoms with Gasteiger partial charge in [-0.25, -0.2) is 14.8 Å². The number of rotatable bonds is 11. The minimum absolute atomic E-state index is 0.0902. The monoisotopic (exact) mass is 616 g/mol. The Morgan fingerprint density at radius 3 is 2.36 bits per heavy atom. The highest BCUT2D eigenvalue weighted by molar-refractivity contribution is 5.81. The van der Waals surface area contributed by atoms with Crippen LogP contribution < -0.4 is 10.1 Å². The number of nitrogens with zero attached hydrogens (tertiary/aromatic N) is 5. The Labute approximate surface area is 266 Å². The Kier molecular flexibility index (Phi) is 9.84. The lowest BCUT2D eigenvalue weighted by atomic mass is 9.94. The number of carbonyl (C=O) groups is 1. The van der Waals surface area contributed by atoms with Crippen LogP contribution in [0.2, 0.25) is 0 Å². The molecule has 2 aromatic heterocycles. The number of hydrogen-bond donors (Lipinski definition) is 2. The lowest BCUT2D eigenvalue weighted by Crippen LogP contribution is -2.57. The van der Waals surface area contributed by atoms with Gasteiger partial charge in [-0.2, -0.15) is 0 Å². The predicted octanol–water partition coefficient (Wildman–Crippen LogP) is 6.86. The van der Waals surface area contributed by atoms with Gasteiger partial charge in [0.15, 0.2) is 6.23 Å². The van der Waals surface area contributed by atoms with Crippen molar-refractivity contribution in [2.45, 2.75) is 78.2 Å². The Morgan fingerprint density at radius 1 is 1.07 bits per heavy atom. The average Bonchev–Trinajstić information content (AvgIpc) is 3.36. The molecule has 2 atom stereocenters. The highest BCUT2D eigenvalue weighted by Gasteiger charge is 2.37. The first kappa shape index (κ1) is 32.5. The van der Waals surface area contributed by atoms with Gasteiger partial charge < -0.3 is 24.8 Å². The van der Waals surface area contributed by atoms with Gasteiger partial charge in [-0.05, 0) is 70.7 Å². The van der Waals surface area contributed by atoms with E-state index >= 15 is 0 Å². The maximum Gasteiger partial charge on any atom is 0.408 e. The fraction of sp³-hybridized carbons (Fsp3) is 0.514. The number of carboxylic acid groups (broad SMARTS) is 1. The molecule has 1 saturated heterocycles. The molecule has 242 valence electrons. The van der Waals surface area contributed by atoms with Crippen LogP contribution >= 0.6 is 0 Å². The molecule has 10 nitrogen and oxygen atoms in total. The molecular weight excluding hydrogens is 568 g/mol. The summed E-state index contributed by atoms with van der Waals surface area (Å²) in [4.78, 5) is 26.4. The summed E-state index contributed by atoms with van der Waals surface area (Å²) in [6, 6.07) is 18.2. The van der Waals surface area contributed by atoms with Crippen LogP contribution in [0.3, 0.4) is 0 Å². The molecule has 45 heavy (non-hydrogen) atoms. The van der Waals surface area contributed by atoms with Crippen molar-refractivity contribution >= 4 is 34.0 Å². The SMILES string of the molecule is CCOC(c1nc2ccccc2cc1OC)n1c(NC2CCN(CC(C(C)C)N(C(=O)O)C(C)(C)C)CC2)nc2ccccc21. The number of fused-ring (bicyclic) bond motifs is 2. The van der Waals surface area contributed by atoms with Gasteiger partial charge >= 0.3 is 6.09 Å². The van der Waals surface area contributed by atoms with E-state index in [9.17, 15) is 9.90 Å². The van der Waals surface area contributed by atoms with Gasteiger partial charge in [-0.1, -0.05) is 44.2 Å². The summed E-state index contributed by atoms with van der Waals surface area (Å²) in [7, 11) is 1.66. The number of likely N-dealkylation sites (tertiary alicyclic amines) is 1. The second kappa shape index (κ2) is 13.6. The highest BCUT2D eigenvalue weighted by atomic mass is 16.5. The van der Waals surface area contributed by atoms with Crippen LogP contribution in [0.15, 0.2) is 54.6 Å². The molecule has 1 fully saturated rings. The Bertz CT molecular complexity index is 1610. The van der Waals surface area contributed by atoms with Crippen molar-refractivity contribution in [3.05, 3.63) is 60.3 Å². The van der Waals surface area contributed by atoms with Gasteiger partial charge in [-0.15, -0.1) is 0 Å². The first-order valence-corrected chi connectivity index (χ1v) is 16.0. The summed E-state index contributed by atoms with van der Waals surface area (Å²) in [6.07, 6.45) is 0.398. The quantitative estimate of drug-likeness (QED) is 0.188. The van der Waals surface area contributed by atoms with Crippen LogP contribution in [-0.2, 0) is 4.74 Å².